The molecule has 0 aromatic carbocycles. The van der Waals surface area contributed by atoms with E-state index in [4.69, 9.17) is 4.42 Å². The predicted octanol–water partition coefficient (Wildman–Crippen LogP) is 3.01. The van der Waals surface area contributed by atoms with E-state index in [-0.39, 0.29) is 0 Å². The zero-order chi connectivity index (χ0) is 7.68. The van der Waals surface area contributed by atoms with Crippen molar-refractivity contribution in [1.82, 2.24) is 4.98 Å². The number of hydrogen-bond donors (Lipinski definition) is 0. The van der Waals surface area contributed by atoms with Crippen LogP contribution < -0.4 is 0 Å². The van der Waals surface area contributed by atoms with Crippen molar-refractivity contribution in [2.45, 2.75) is 0 Å². The summed E-state index contributed by atoms with van der Waals surface area (Å²) in [5.74, 6) is 0.704. The van der Waals surface area contributed by atoms with Crippen molar-refractivity contribution in [1.29, 1.82) is 0 Å². The van der Waals surface area contributed by atoms with Gasteiger partial charge in [0.25, 0.3) is 0 Å². The monoisotopic (exact) mass is 277 g/mol. The van der Waals surface area contributed by atoms with Gasteiger partial charge in [-0.15, -0.1) is 0 Å². The van der Waals surface area contributed by atoms with Gasteiger partial charge in [-0.3, -0.25) is 0 Å². The summed E-state index contributed by atoms with van der Waals surface area (Å²) < 4.78 is 6.09. The average Bonchev–Trinajstić information content (AvgIpc) is 2.55. The molecule has 2 rings (SSSR count). The number of halogens is 1. The Balaban J connectivity index is 2.45. The van der Waals surface area contributed by atoms with Crippen LogP contribution in [0.3, 0.4) is 0 Å². The van der Waals surface area contributed by atoms with Crippen molar-refractivity contribution in [2.24, 2.45) is 0 Å². The third-order valence-corrected chi connectivity index (χ3v) is 2.42. The van der Waals surface area contributed by atoms with Gasteiger partial charge in [0, 0.05) is 10.9 Å². The fraction of sp³-hybridized carbons (Fsp3) is 0. The van der Waals surface area contributed by atoms with Crippen LogP contribution in [0.4, 0.5) is 0 Å². The van der Waals surface area contributed by atoms with Gasteiger partial charge in [0.05, 0.1) is 0 Å². The summed E-state index contributed by atoms with van der Waals surface area (Å²) >= 11 is 3.77. The maximum atomic E-state index is 5.20. The molecule has 0 aliphatic carbocycles. The molecule has 4 heteroatoms. The van der Waals surface area contributed by atoms with E-state index in [1.165, 1.54) is 0 Å². The SMILES string of the molecule is Ic1coc(-c2ccsc2)n1. The molecule has 0 unspecified atom stereocenters. The Morgan fingerprint density at radius 2 is 2.45 bits per heavy atom. The molecule has 0 radical (unpaired) electrons. The van der Waals surface area contributed by atoms with Crippen molar-refractivity contribution in [3.05, 3.63) is 26.8 Å². The van der Waals surface area contributed by atoms with Crippen LogP contribution in [0.1, 0.15) is 0 Å². The number of thiophene rings is 1. The van der Waals surface area contributed by atoms with Crippen LogP contribution in [0.15, 0.2) is 27.5 Å². The van der Waals surface area contributed by atoms with Crippen molar-refractivity contribution in [2.75, 3.05) is 0 Å². The fourth-order valence-electron chi connectivity index (χ4n) is 0.773. The summed E-state index contributed by atoms with van der Waals surface area (Å²) in [4.78, 5) is 4.18. The molecule has 0 spiro atoms. The third kappa shape index (κ3) is 1.46. The third-order valence-electron chi connectivity index (χ3n) is 1.24. The average molecular weight is 277 g/mol. The van der Waals surface area contributed by atoms with Gasteiger partial charge in [-0.2, -0.15) is 11.3 Å². The number of aromatic nitrogens is 1. The lowest BCUT2D eigenvalue weighted by Crippen LogP contribution is -1.71. The van der Waals surface area contributed by atoms with Gasteiger partial charge in [-0.05, 0) is 34.0 Å². The molecule has 0 bridgehead atoms. The molecular weight excluding hydrogens is 273 g/mol. The second-order valence-corrected chi connectivity index (χ2v) is 3.87. The first kappa shape index (κ1) is 7.30. The molecule has 0 fully saturated rings. The molecule has 0 aliphatic rings. The van der Waals surface area contributed by atoms with Gasteiger partial charge in [-0.25, -0.2) is 4.98 Å². The number of nitrogens with zero attached hydrogens (tertiary/aromatic N) is 1. The summed E-state index contributed by atoms with van der Waals surface area (Å²) in [5, 5.41) is 4.02. The molecule has 0 amide bonds. The molecule has 11 heavy (non-hydrogen) atoms. The molecule has 2 nitrogen and oxygen atoms in total. The van der Waals surface area contributed by atoms with Crippen LogP contribution in [-0.2, 0) is 0 Å². The Kier molecular flexibility index (Phi) is 1.95. The van der Waals surface area contributed by atoms with Gasteiger partial charge in [0.1, 0.15) is 9.96 Å². The number of hydrogen-bond acceptors (Lipinski definition) is 3. The summed E-state index contributed by atoms with van der Waals surface area (Å²) in [7, 11) is 0. The normalized spacial score (nSPS) is 10.3. The first-order valence-electron chi connectivity index (χ1n) is 3.00. The van der Waals surface area contributed by atoms with Gasteiger partial charge in [0.2, 0.25) is 5.89 Å². The largest absolute Gasteiger partial charge is 0.443 e. The molecule has 0 saturated heterocycles. The molecule has 2 aromatic heterocycles. The minimum absolute atomic E-state index is 0.704. The second-order valence-electron chi connectivity index (χ2n) is 1.99. The molecule has 0 N–H and O–H groups in total. The second kappa shape index (κ2) is 2.94. The van der Waals surface area contributed by atoms with Crippen molar-refractivity contribution in [3.63, 3.8) is 0 Å². The molecule has 0 saturated carbocycles. The predicted molar refractivity (Wildman–Crippen MR) is 52.5 cm³/mol. The first-order chi connectivity index (χ1) is 5.36. The van der Waals surface area contributed by atoms with E-state index in [0.29, 0.717) is 5.89 Å². The molecule has 0 atom stereocenters. The van der Waals surface area contributed by atoms with Crippen LogP contribution >= 0.6 is 33.9 Å². The Bertz CT molecular complexity index is 341. The minimum Gasteiger partial charge on any atom is -0.443 e. The quantitative estimate of drug-likeness (QED) is 0.749. The molecule has 56 valence electrons. The van der Waals surface area contributed by atoms with E-state index in [1.54, 1.807) is 17.6 Å². The Hall–Kier alpha value is -0.360. The highest BCUT2D eigenvalue weighted by molar-refractivity contribution is 14.1. The van der Waals surface area contributed by atoms with E-state index in [0.717, 1.165) is 9.26 Å². The summed E-state index contributed by atoms with van der Waals surface area (Å²) in [6.07, 6.45) is 1.65. The minimum atomic E-state index is 0.704. The van der Waals surface area contributed by atoms with Crippen molar-refractivity contribution in [3.8, 4) is 11.5 Å². The Labute approximate surface area is 81.4 Å². The first-order valence-corrected chi connectivity index (χ1v) is 5.02. The number of rotatable bonds is 1. The Morgan fingerprint density at radius 1 is 1.55 bits per heavy atom. The van der Waals surface area contributed by atoms with Gasteiger partial charge in [-0.1, -0.05) is 0 Å². The molecule has 2 aromatic rings. The van der Waals surface area contributed by atoms with Crippen LogP contribution in [0, 0.1) is 3.70 Å². The van der Waals surface area contributed by atoms with Crippen molar-refractivity contribution < 1.29 is 4.42 Å². The van der Waals surface area contributed by atoms with E-state index in [9.17, 15) is 0 Å². The topological polar surface area (TPSA) is 26.0 Å². The fourth-order valence-corrected chi connectivity index (χ4v) is 1.75. The molecular formula is C7H4INOS. The number of oxazole rings is 1. The van der Waals surface area contributed by atoms with E-state index < -0.39 is 0 Å². The summed E-state index contributed by atoms with van der Waals surface area (Å²) in [6.45, 7) is 0. The lowest BCUT2D eigenvalue weighted by molar-refractivity contribution is 0.574. The highest BCUT2D eigenvalue weighted by Crippen LogP contribution is 2.21. The maximum absolute atomic E-state index is 5.20. The lowest BCUT2D eigenvalue weighted by Gasteiger charge is -1.83. The van der Waals surface area contributed by atoms with E-state index in [2.05, 4.69) is 27.6 Å². The van der Waals surface area contributed by atoms with Crippen LogP contribution in [0.25, 0.3) is 11.5 Å². The molecule has 2 heterocycles. The van der Waals surface area contributed by atoms with E-state index in [1.807, 2.05) is 16.8 Å². The molecule has 0 aliphatic heterocycles. The highest BCUT2D eigenvalue weighted by Gasteiger charge is 2.03. The van der Waals surface area contributed by atoms with E-state index >= 15 is 0 Å². The van der Waals surface area contributed by atoms with Crippen LogP contribution in [0.5, 0.6) is 0 Å². The highest BCUT2D eigenvalue weighted by atomic mass is 127. The summed E-state index contributed by atoms with van der Waals surface area (Å²) in [5.41, 5.74) is 1.05. The lowest BCUT2D eigenvalue weighted by atomic mass is 10.3. The smallest absolute Gasteiger partial charge is 0.227 e. The zero-order valence-electron chi connectivity index (χ0n) is 5.45. The van der Waals surface area contributed by atoms with Crippen LogP contribution in [0.2, 0.25) is 0 Å². The van der Waals surface area contributed by atoms with Gasteiger partial charge in [0.15, 0.2) is 0 Å². The standard InChI is InChI=1S/C7H4INOS/c8-6-3-10-7(9-6)5-1-2-11-4-5/h1-4H. The van der Waals surface area contributed by atoms with Gasteiger partial charge >= 0.3 is 0 Å². The summed E-state index contributed by atoms with van der Waals surface area (Å²) in [6, 6.07) is 1.99. The maximum Gasteiger partial charge on any atom is 0.227 e. The van der Waals surface area contributed by atoms with Gasteiger partial charge < -0.3 is 4.42 Å². The Morgan fingerprint density at radius 3 is 3.00 bits per heavy atom. The van der Waals surface area contributed by atoms with Crippen LogP contribution in [-0.4, -0.2) is 4.98 Å². The van der Waals surface area contributed by atoms with Crippen molar-refractivity contribution >= 4 is 33.9 Å². The zero-order valence-corrected chi connectivity index (χ0v) is 8.43.